The van der Waals surface area contributed by atoms with E-state index in [0.717, 1.165) is 12.8 Å². The average Bonchev–Trinajstić information content (AvgIpc) is 3.40. The molecule has 1 fully saturated rings. The van der Waals surface area contributed by atoms with Crippen LogP contribution in [-0.2, 0) is 4.79 Å². The van der Waals surface area contributed by atoms with Crippen LogP contribution in [0.5, 0.6) is 0 Å². The molecule has 0 spiro atoms. The largest absolute Gasteiger partial charge is 0.349 e. The number of hydrogen-bond acceptors (Lipinski definition) is 3. The second-order valence-electron chi connectivity index (χ2n) is 6.04. The van der Waals surface area contributed by atoms with Crippen molar-refractivity contribution < 1.29 is 14.4 Å². The molecule has 2 aromatic carbocycles. The number of rotatable bonds is 5. The van der Waals surface area contributed by atoms with Gasteiger partial charge in [-0.1, -0.05) is 0 Å². The van der Waals surface area contributed by atoms with Gasteiger partial charge in [-0.15, -0.1) is 0 Å². The van der Waals surface area contributed by atoms with E-state index in [2.05, 4.69) is 16.0 Å². The zero-order valence-electron chi connectivity index (χ0n) is 13.8. The number of carbonyl (C=O) groups is 3. The predicted molar refractivity (Wildman–Crippen MR) is 95.6 cm³/mol. The highest BCUT2D eigenvalue weighted by Gasteiger charge is 2.23. The van der Waals surface area contributed by atoms with Gasteiger partial charge in [0, 0.05) is 35.5 Å². The average molecular weight is 337 g/mol. The molecule has 128 valence electrons. The van der Waals surface area contributed by atoms with E-state index >= 15 is 0 Å². The highest BCUT2D eigenvalue weighted by molar-refractivity contribution is 6.05. The lowest BCUT2D eigenvalue weighted by Crippen LogP contribution is -2.25. The Morgan fingerprint density at radius 1 is 0.760 bits per heavy atom. The third-order valence-corrected chi connectivity index (χ3v) is 3.78. The molecule has 0 heterocycles. The minimum atomic E-state index is -0.263. The number of benzene rings is 2. The predicted octanol–water partition coefficient (Wildman–Crippen LogP) is 2.79. The molecular weight excluding hydrogens is 318 g/mol. The summed E-state index contributed by atoms with van der Waals surface area (Å²) in [6.07, 6.45) is 2.07. The molecule has 1 aliphatic rings. The van der Waals surface area contributed by atoms with Crippen molar-refractivity contribution in [3.05, 3.63) is 59.7 Å². The van der Waals surface area contributed by atoms with Gasteiger partial charge in [-0.05, 0) is 61.4 Å². The summed E-state index contributed by atoms with van der Waals surface area (Å²) in [4.78, 5) is 35.2. The van der Waals surface area contributed by atoms with E-state index in [9.17, 15) is 14.4 Å². The number of amides is 3. The molecule has 2 aromatic rings. The Hall–Kier alpha value is -3.15. The molecule has 3 amide bonds. The van der Waals surface area contributed by atoms with Crippen molar-refractivity contribution in [2.45, 2.75) is 25.8 Å². The third-order valence-electron chi connectivity index (χ3n) is 3.78. The molecule has 6 nitrogen and oxygen atoms in total. The Morgan fingerprint density at radius 2 is 1.24 bits per heavy atom. The Morgan fingerprint density at radius 3 is 1.72 bits per heavy atom. The van der Waals surface area contributed by atoms with Crippen molar-refractivity contribution in [1.82, 2.24) is 5.32 Å². The molecular formula is C19H19N3O3. The van der Waals surface area contributed by atoms with Gasteiger partial charge in [0.25, 0.3) is 11.8 Å². The Labute approximate surface area is 145 Å². The topological polar surface area (TPSA) is 87.3 Å². The highest BCUT2D eigenvalue weighted by atomic mass is 16.2. The fraction of sp³-hybridized carbons (Fsp3) is 0.211. The summed E-state index contributed by atoms with van der Waals surface area (Å²) >= 11 is 0. The van der Waals surface area contributed by atoms with Gasteiger partial charge in [0.1, 0.15) is 0 Å². The van der Waals surface area contributed by atoms with Crippen molar-refractivity contribution >= 4 is 29.1 Å². The number of hydrogen-bond donors (Lipinski definition) is 3. The zero-order chi connectivity index (χ0) is 17.8. The van der Waals surface area contributed by atoms with Gasteiger partial charge in [-0.3, -0.25) is 14.4 Å². The van der Waals surface area contributed by atoms with Gasteiger partial charge < -0.3 is 16.0 Å². The van der Waals surface area contributed by atoms with Gasteiger partial charge in [-0.2, -0.15) is 0 Å². The van der Waals surface area contributed by atoms with Crippen LogP contribution in [0.1, 0.15) is 40.5 Å². The molecule has 25 heavy (non-hydrogen) atoms. The smallest absolute Gasteiger partial charge is 0.255 e. The van der Waals surface area contributed by atoms with Crippen molar-refractivity contribution in [1.29, 1.82) is 0 Å². The SMILES string of the molecule is CC(=O)Nc1ccc(NC(=O)c2ccc(C(=O)NC3CC3)cc2)cc1. The molecule has 0 radical (unpaired) electrons. The molecule has 0 aromatic heterocycles. The second-order valence-corrected chi connectivity index (χ2v) is 6.04. The van der Waals surface area contributed by atoms with Gasteiger partial charge in [0.2, 0.25) is 5.91 Å². The molecule has 0 aliphatic heterocycles. The fourth-order valence-corrected chi connectivity index (χ4v) is 2.31. The van der Waals surface area contributed by atoms with Crippen LogP contribution in [0.3, 0.4) is 0 Å². The van der Waals surface area contributed by atoms with E-state index in [-0.39, 0.29) is 17.7 Å². The molecule has 1 saturated carbocycles. The number of nitrogens with one attached hydrogen (secondary N) is 3. The quantitative estimate of drug-likeness (QED) is 0.784. The summed E-state index contributed by atoms with van der Waals surface area (Å²) in [6.45, 7) is 1.43. The Kier molecular flexibility index (Phi) is 4.79. The normalized spacial score (nSPS) is 13.0. The summed E-state index contributed by atoms with van der Waals surface area (Å²) in [5.74, 6) is -0.521. The summed E-state index contributed by atoms with van der Waals surface area (Å²) in [5, 5.41) is 8.35. The van der Waals surface area contributed by atoms with Crippen LogP contribution in [0, 0.1) is 0 Å². The summed E-state index contributed by atoms with van der Waals surface area (Å²) < 4.78 is 0. The van der Waals surface area contributed by atoms with E-state index in [0.29, 0.717) is 28.5 Å². The maximum absolute atomic E-state index is 12.3. The first-order valence-corrected chi connectivity index (χ1v) is 8.11. The third kappa shape index (κ3) is 4.67. The minimum absolute atomic E-state index is 0.108. The van der Waals surface area contributed by atoms with Crippen LogP contribution in [0.2, 0.25) is 0 Å². The van der Waals surface area contributed by atoms with Gasteiger partial charge in [0.05, 0.1) is 0 Å². The van der Waals surface area contributed by atoms with E-state index in [1.165, 1.54) is 6.92 Å². The van der Waals surface area contributed by atoms with Crippen molar-refractivity contribution in [2.75, 3.05) is 10.6 Å². The molecule has 0 bridgehead atoms. The monoisotopic (exact) mass is 337 g/mol. The van der Waals surface area contributed by atoms with E-state index in [4.69, 9.17) is 0 Å². The first-order chi connectivity index (χ1) is 12.0. The van der Waals surface area contributed by atoms with Crippen LogP contribution in [-0.4, -0.2) is 23.8 Å². The van der Waals surface area contributed by atoms with E-state index in [1.54, 1.807) is 48.5 Å². The summed E-state index contributed by atoms with van der Waals surface area (Å²) in [5.41, 5.74) is 2.29. The zero-order valence-corrected chi connectivity index (χ0v) is 13.8. The molecule has 1 aliphatic carbocycles. The summed E-state index contributed by atoms with van der Waals surface area (Å²) in [7, 11) is 0. The van der Waals surface area contributed by atoms with Crippen molar-refractivity contribution in [3.63, 3.8) is 0 Å². The van der Waals surface area contributed by atoms with Gasteiger partial charge >= 0.3 is 0 Å². The van der Waals surface area contributed by atoms with Crippen molar-refractivity contribution in [2.24, 2.45) is 0 Å². The van der Waals surface area contributed by atoms with Crippen LogP contribution in [0.25, 0.3) is 0 Å². The molecule has 0 saturated heterocycles. The number of carbonyl (C=O) groups excluding carboxylic acids is 3. The molecule has 0 unspecified atom stereocenters. The molecule has 3 N–H and O–H groups in total. The van der Waals surface area contributed by atoms with Crippen LogP contribution in [0.15, 0.2) is 48.5 Å². The second kappa shape index (κ2) is 7.17. The first-order valence-electron chi connectivity index (χ1n) is 8.11. The first kappa shape index (κ1) is 16.7. The standard InChI is InChI=1S/C19H19N3O3/c1-12(23)20-15-6-8-16(9-7-15)21-18(24)13-2-4-14(5-3-13)19(25)22-17-10-11-17/h2-9,17H,10-11H2,1H3,(H,20,23)(H,21,24)(H,22,25). The molecule has 6 heteroatoms. The fourth-order valence-electron chi connectivity index (χ4n) is 2.31. The maximum Gasteiger partial charge on any atom is 0.255 e. The molecule has 0 atom stereocenters. The highest BCUT2D eigenvalue weighted by Crippen LogP contribution is 2.19. The maximum atomic E-state index is 12.3. The van der Waals surface area contributed by atoms with Crippen LogP contribution >= 0.6 is 0 Å². The van der Waals surface area contributed by atoms with Crippen molar-refractivity contribution in [3.8, 4) is 0 Å². The minimum Gasteiger partial charge on any atom is -0.349 e. The van der Waals surface area contributed by atoms with Gasteiger partial charge in [0.15, 0.2) is 0 Å². The van der Waals surface area contributed by atoms with E-state index in [1.807, 2.05) is 0 Å². The molecule has 3 rings (SSSR count). The summed E-state index contributed by atoms with van der Waals surface area (Å²) in [6, 6.07) is 13.7. The lowest BCUT2D eigenvalue weighted by atomic mass is 10.1. The van der Waals surface area contributed by atoms with Gasteiger partial charge in [-0.25, -0.2) is 0 Å². The van der Waals surface area contributed by atoms with Crippen LogP contribution < -0.4 is 16.0 Å². The van der Waals surface area contributed by atoms with Crippen LogP contribution in [0.4, 0.5) is 11.4 Å². The number of anilines is 2. The lowest BCUT2D eigenvalue weighted by molar-refractivity contribution is -0.114. The lowest BCUT2D eigenvalue weighted by Gasteiger charge is -2.08. The Bertz CT molecular complexity index is 794. The Balaban J connectivity index is 1.60. The van der Waals surface area contributed by atoms with E-state index < -0.39 is 0 Å².